The number of hydrogen-bond donors (Lipinski definition) is 0. The Labute approximate surface area is 108 Å². The first kappa shape index (κ1) is 14.7. The molecule has 1 rings (SSSR count). The Morgan fingerprint density at radius 1 is 1.17 bits per heavy atom. The van der Waals surface area contributed by atoms with E-state index in [0.29, 0.717) is 6.42 Å². The number of rotatable bonds is 6. The summed E-state index contributed by atoms with van der Waals surface area (Å²) in [7, 11) is 4.49. The SMILES string of the molecule is COC(=O)[C@@](C)(CC(OC)OC)c1ccccc1. The molecule has 1 aromatic carbocycles. The van der Waals surface area contributed by atoms with E-state index in [4.69, 9.17) is 14.2 Å². The Hall–Kier alpha value is -1.39. The third-order valence-corrected chi connectivity index (χ3v) is 3.15. The topological polar surface area (TPSA) is 44.8 Å². The quantitative estimate of drug-likeness (QED) is 0.574. The van der Waals surface area contributed by atoms with Crippen molar-refractivity contribution in [3.05, 3.63) is 35.9 Å². The van der Waals surface area contributed by atoms with Crippen LogP contribution in [-0.4, -0.2) is 33.6 Å². The molecule has 1 aromatic rings. The highest BCUT2D eigenvalue weighted by atomic mass is 16.7. The summed E-state index contributed by atoms with van der Waals surface area (Å²) in [6.07, 6.45) is -0.0502. The number of benzene rings is 1. The Morgan fingerprint density at radius 3 is 2.17 bits per heavy atom. The highest BCUT2D eigenvalue weighted by molar-refractivity contribution is 5.82. The summed E-state index contributed by atoms with van der Waals surface area (Å²) in [6.45, 7) is 1.83. The molecular weight excluding hydrogens is 232 g/mol. The first-order valence-corrected chi connectivity index (χ1v) is 5.78. The van der Waals surface area contributed by atoms with Gasteiger partial charge >= 0.3 is 5.97 Å². The molecule has 0 N–H and O–H groups in total. The molecule has 0 unspecified atom stereocenters. The van der Waals surface area contributed by atoms with Crippen LogP contribution in [0.3, 0.4) is 0 Å². The van der Waals surface area contributed by atoms with Crippen LogP contribution < -0.4 is 0 Å². The van der Waals surface area contributed by atoms with Crippen LogP contribution in [0.1, 0.15) is 18.9 Å². The molecule has 0 aliphatic heterocycles. The lowest BCUT2D eigenvalue weighted by molar-refractivity contribution is -0.156. The van der Waals surface area contributed by atoms with E-state index in [1.54, 1.807) is 14.2 Å². The molecule has 0 bridgehead atoms. The summed E-state index contributed by atoms with van der Waals surface area (Å²) < 4.78 is 15.3. The van der Waals surface area contributed by atoms with E-state index in [0.717, 1.165) is 5.56 Å². The second-order valence-corrected chi connectivity index (χ2v) is 4.29. The summed E-state index contributed by atoms with van der Waals surface area (Å²) >= 11 is 0. The first-order valence-electron chi connectivity index (χ1n) is 5.78. The van der Waals surface area contributed by atoms with Crippen LogP contribution in [0, 0.1) is 0 Å². The van der Waals surface area contributed by atoms with E-state index >= 15 is 0 Å². The molecule has 18 heavy (non-hydrogen) atoms. The van der Waals surface area contributed by atoms with Crippen molar-refractivity contribution in [3.63, 3.8) is 0 Å². The minimum Gasteiger partial charge on any atom is -0.468 e. The van der Waals surface area contributed by atoms with Gasteiger partial charge in [0.05, 0.1) is 12.5 Å². The van der Waals surface area contributed by atoms with E-state index in [1.165, 1.54) is 7.11 Å². The van der Waals surface area contributed by atoms with Crippen LogP contribution in [-0.2, 0) is 24.4 Å². The summed E-state index contributed by atoms with van der Waals surface area (Å²) in [5, 5.41) is 0. The third kappa shape index (κ3) is 3.09. The lowest BCUT2D eigenvalue weighted by Crippen LogP contribution is -2.38. The summed E-state index contributed by atoms with van der Waals surface area (Å²) in [5.74, 6) is -0.298. The van der Waals surface area contributed by atoms with Gasteiger partial charge in [0, 0.05) is 20.6 Å². The van der Waals surface area contributed by atoms with E-state index < -0.39 is 11.7 Å². The lowest BCUT2D eigenvalue weighted by Gasteiger charge is -2.30. The van der Waals surface area contributed by atoms with Crippen LogP contribution in [0.15, 0.2) is 30.3 Å². The van der Waals surface area contributed by atoms with Crippen molar-refractivity contribution in [1.29, 1.82) is 0 Å². The second-order valence-electron chi connectivity index (χ2n) is 4.29. The number of hydrogen-bond acceptors (Lipinski definition) is 4. The second kappa shape index (κ2) is 6.52. The van der Waals surface area contributed by atoms with Crippen molar-refractivity contribution < 1.29 is 19.0 Å². The van der Waals surface area contributed by atoms with Crippen molar-refractivity contribution in [2.75, 3.05) is 21.3 Å². The predicted molar refractivity (Wildman–Crippen MR) is 68.2 cm³/mol. The van der Waals surface area contributed by atoms with Crippen molar-refractivity contribution in [2.24, 2.45) is 0 Å². The zero-order valence-electron chi connectivity index (χ0n) is 11.3. The van der Waals surface area contributed by atoms with Crippen molar-refractivity contribution in [1.82, 2.24) is 0 Å². The number of esters is 1. The van der Waals surface area contributed by atoms with Gasteiger partial charge in [0.25, 0.3) is 0 Å². The van der Waals surface area contributed by atoms with Gasteiger partial charge in [-0.1, -0.05) is 30.3 Å². The van der Waals surface area contributed by atoms with Crippen LogP contribution in [0.4, 0.5) is 0 Å². The highest BCUT2D eigenvalue weighted by Gasteiger charge is 2.38. The highest BCUT2D eigenvalue weighted by Crippen LogP contribution is 2.31. The molecule has 4 heteroatoms. The molecule has 0 aliphatic rings. The van der Waals surface area contributed by atoms with Crippen LogP contribution in [0.5, 0.6) is 0 Å². The van der Waals surface area contributed by atoms with Gasteiger partial charge in [-0.2, -0.15) is 0 Å². The van der Waals surface area contributed by atoms with Gasteiger partial charge in [0.2, 0.25) is 0 Å². The molecule has 0 heterocycles. The van der Waals surface area contributed by atoms with Gasteiger partial charge in [-0.05, 0) is 12.5 Å². The molecule has 0 saturated heterocycles. The van der Waals surface area contributed by atoms with Gasteiger partial charge in [-0.25, -0.2) is 0 Å². The zero-order valence-corrected chi connectivity index (χ0v) is 11.3. The van der Waals surface area contributed by atoms with Crippen LogP contribution in [0.25, 0.3) is 0 Å². The van der Waals surface area contributed by atoms with E-state index in [9.17, 15) is 4.79 Å². The molecule has 0 aromatic heterocycles. The molecule has 4 nitrogen and oxygen atoms in total. The van der Waals surface area contributed by atoms with Crippen LogP contribution >= 0.6 is 0 Å². The molecule has 1 atom stereocenters. The van der Waals surface area contributed by atoms with Gasteiger partial charge in [-0.3, -0.25) is 4.79 Å². The summed E-state index contributed by atoms with van der Waals surface area (Å²) in [5.41, 5.74) is 0.100. The lowest BCUT2D eigenvalue weighted by atomic mass is 9.79. The molecule has 0 radical (unpaired) electrons. The fourth-order valence-corrected chi connectivity index (χ4v) is 1.95. The van der Waals surface area contributed by atoms with Gasteiger partial charge in [-0.15, -0.1) is 0 Å². The Kier molecular flexibility index (Phi) is 5.31. The summed E-state index contributed by atoms with van der Waals surface area (Å²) in [6, 6.07) is 9.50. The number of methoxy groups -OCH3 is 3. The maximum atomic E-state index is 12.1. The number of carbonyl (C=O) groups excluding carboxylic acids is 1. The third-order valence-electron chi connectivity index (χ3n) is 3.15. The average molecular weight is 252 g/mol. The monoisotopic (exact) mass is 252 g/mol. The molecule has 0 aliphatic carbocycles. The number of ether oxygens (including phenoxy) is 3. The van der Waals surface area contributed by atoms with Crippen LogP contribution in [0.2, 0.25) is 0 Å². The molecule has 0 fully saturated rings. The van der Waals surface area contributed by atoms with Crippen molar-refractivity contribution in [2.45, 2.75) is 25.0 Å². The minimum absolute atomic E-state index is 0.298. The predicted octanol–water partition coefficient (Wildman–Crippen LogP) is 2.13. The molecule has 0 spiro atoms. The fourth-order valence-electron chi connectivity index (χ4n) is 1.95. The Bertz CT molecular complexity index is 373. The van der Waals surface area contributed by atoms with Crippen molar-refractivity contribution >= 4 is 5.97 Å². The normalized spacial score (nSPS) is 14.3. The Morgan fingerprint density at radius 2 is 1.72 bits per heavy atom. The smallest absolute Gasteiger partial charge is 0.316 e. The van der Waals surface area contributed by atoms with E-state index in [-0.39, 0.29) is 5.97 Å². The zero-order chi connectivity index (χ0) is 13.6. The Balaban J connectivity index is 3.07. The molecule has 0 amide bonds. The maximum Gasteiger partial charge on any atom is 0.316 e. The maximum absolute atomic E-state index is 12.1. The summed E-state index contributed by atoms with van der Waals surface area (Å²) in [4.78, 5) is 12.1. The standard InChI is InChI=1S/C14H20O4/c1-14(13(15)18-4,10-12(16-2)17-3)11-8-6-5-7-9-11/h5-9,12H,10H2,1-4H3/t14-/m0/s1. The average Bonchev–Trinajstić information content (AvgIpc) is 2.44. The van der Waals surface area contributed by atoms with Gasteiger partial charge in [0.15, 0.2) is 6.29 Å². The van der Waals surface area contributed by atoms with Crippen molar-refractivity contribution in [3.8, 4) is 0 Å². The van der Waals surface area contributed by atoms with E-state index in [1.807, 2.05) is 37.3 Å². The van der Waals surface area contributed by atoms with Gasteiger partial charge < -0.3 is 14.2 Å². The molecular formula is C14H20O4. The molecule has 100 valence electrons. The largest absolute Gasteiger partial charge is 0.468 e. The van der Waals surface area contributed by atoms with E-state index in [2.05, 4.69) is 0 Å². The number of carbonyl (C=O) groups is 1. The van der Waals surface area contributed by atoms with Gasteiger partial charge in [0.1, 0.15) is 0 Å². The fraction of sp³-hybridized carbons (Fsp3) is 0.500. The molecule has 0 saturated carbocycles. The minimum atomic E-state index is -0.785. The first-order chi connectivity index (χ1) is 8.58.